The number of hydrogen-bond donors (Lipinski definition) is 0. The summed E-state index contributed by atoms with van der Waals surface area (Å²) in [7, 11) is 0. The topological polar surface area (TPSA) is 76.6 Å². The van der Waals surface area contributed by atoms with Crippen molar-refractivity contribution in [3.63, 3.8) is 0 Å². The molecule has 2 aromatic carbocycles. The van der Waals surface area contributed by atoms with Gasteiger partial charge in [-0.25, -0.2) is 4.98 Å². The third kappa shape index (κ3) is 2.67. The summed E-state index contributed by atoms with van der Waals surface area (Å²) < 4.78 is 12.6. The second-order valence-corrected chi connectivity index (χ2v) is 8.75. The molecule has 1 aliphatic heterocycles. The van der Waals surface area contributed by atoms with E-state index in [0.717, 1.165) is 4.70 Å². The average molecular weight is 449 g/mol. The lowest BCUT2D eigenvalue weighted by molar-refractivity contribution is 0.0969. The molecule has 0 spiro atoms. The molecule has 6 rings (SSSR count). The number of aromatic nitrogens is 1. The second kappa shape index (κ2) is 6.54. The summed E-state index contributed by atoms with van der Waals surface area (Å²) in [5.74, 6) is 0.740. The molecule has 31 heavy (non-hydrogen) atoms. The zero-order chi connectivity index (χ0) is 21.3. The van der Waals surface area contributed by atoms with Gasteiger partial charge in [-0.1, -0.05) is 35.1 Å². The molecule has 4 heterocycles. The molecule has 0 fully saturated rings. The van der Waals surface area contributed by atoms with Gasteiger partial charge in [0.25, 0.3) is 5.91 Å². The lowest BCUT2D eigenvalue weighted by Gasteiger charge is -2.20. The fourth-order valence-corrected chi connectivity index (χ4v) is 5.24. The van der Waals surface area contributed by atoms with E-state index < -0.39 is 11.9 Å². The Morgan fingerprint density at radius 1 is 1.06 bits per heavy atom. The van der Waals surface area contributed by atoms with Crippen LogP contribution in [-0.2, 0) is 0 Å². The largest absolute Gasteiger partial charge is 0.464 e. The first kappa shape index (κ1) is 18.4. The summed E-state index contributed by atoms with van der Waals surface area (Å²) >= 11 is 7.45. The van der Waals surface area contributed by atoms with Crippen molar-refractivity contribution >= 4 is 55.2 Å². The number of anilines is 1. The summed E-state index contributed by atoms with van der Waals surface area (Å²) in [6.07, 6.45) is 0. The number of carbonyl (C=O) groups excluding carboxylic acids is 1. The van der Waals surface area contributed by atoms with Crippen LogP contribution in [-0.4, -0.2) is 10.9 Å². The molecular formula is C23H13ClN2O4S. The van der Waals surface area contributed by atoms with E-state index >= 15 is 0 Å². The molecular weight excluding hydrogens is 436 g/mol. The second-order valence-electron chi connectivity index (χ2n) is 7.30. The number of nitrogens with zero attached hydrogens (tertiary/aromatic N) is 2. The number of para-hydroxylation sites is 1. The van der Waals surface area contributed by atoms with E-state index in [1.165, 1.54) is 16.2 Å². The van der Waals surface area contributed by atoms with Crippen molar-refractivity contribution in [3.8, 4) is 0 Å². The van der Waals surface area contributed by atoms with E-state index in [-0.39, 0.29) is 16.8 Å². The Hall–Kier alpha value is -3.42. The van der Waals surface area contributed by atoms with E-state index in [1.54, 1.807) is 54.6 Å². The van der Waals surface area contributed by atoms with Gasteiger partial charge in [0.1, 0.15) is 23.1 Å². The van der Waals surface area contributed by atoms with Gasteiger partial charge in [-0.2, -0.15) is 0 Å². The van der Waals surface area contributed by atoms with Crippen molar-refractivity contribution < 1.29 is 13.6 Å². The number of fused-ring (bicyclic) bond motifs is 3. The zero-order valence-electron chi connectivity index (χ0n) is 16.1. The van der Waals surface area contributed by atoms with Crippen LogP contribution >= 0.6 is 22.9 Å². The fourth-order valence-electron chi connectivity index (χ4n) is 3.98. The van der Waals surface area contributed by atoms with Crippen LogP contribution in [0.25, 0.3) is 21.2 Å². The number of hydrogen-bond acceptors (Lipinski definition) is 6. The average Bonchev–Trinajstić information content (AvgIpc) is 3.44. The molecule has 0 unspecified atom stereocenters. The van der Waals surface area contributed by atoms with Gasteiger partial charge in [-0.15, -0.1) is 0 Å². The third-order valence-electron chi connectivity index (χ3n) is 5.35. The number of benzene rings is 2. The maximum absolute atomic E-state index is 13.5. The van der Waals surface area contributed by atoms with Crippen LogP contribution in [0.2, 0.25) is 5.02 Å². The van der Waals surface area contributed by atoms with Gasteiger partial charge < -0.3 is 8.83 Å². The highest BCUT2D eigenvalue weighted by atomic mass is 35.5. The van der Waals surface area contributed by atoms with Crippen LogP contribution in [0, 0.1) is 6.92 Å². The van der Waals surface area contributed by atoms with Gasteiger partial charge in [0.2, 0.25) is 5.76 Å². The van der Waals surface area contributed by atoms with Crippen molar-refractivity contribution in [2.75, 3.05) is 4.90 Å². The Morgan fingerprint density at radius 2 is 1.90 bits per heavy atom. The molecule has 0 bridgehead atoms. The first-order valence-electron chi connectivity index (χ1n) is 9.53. The minimum absolute atomic E-state index is 0.0139. The number of furan rings is 1. The van der Waals surface area contributed by atoms with Crippen LogP contribution in [0.5, 0.6) is 0 Å². The van der Waals surface area contributed by atoms with Gasteiger partial charge in [0.05, 0.1) is 21.2 Å². The smallest absolute Gasteiger partial charge is 0.297 e. The number of thiazole rings is 1. The maximum Gasteiger partial charge on any atom is 0.297 e. The molecule has 0 saturated heterocycles. The predicted molar refractivity (Wildman–Crippen MR) is 119 cm³/mol. The van der Waals surface area contributed by atoms with Gasteiger partial charge in [-0.05, 0) is 49.4 Å². The Labute approximate surface area is 184 Å². The first-order valence-corrected chi connectivity index (χ1v) is 10.7. The Morgan fingerprint density at radius 3 is 2.71 bits per heavy atom. The predicted octanol–water partition coefficient (Wildman–Crippen LogP) is 5.71. The number of rotatable bonds is 2. The standard InChI is InChI=1S/C23H13ClN2O4S/c1-11-6-9-16(29-11)19-18-20(27)13-4-2-3-5-15(13)30-21(18)22(28)26(19)23-25-14-8-7-12(24)10-17(14)31-23/h2-10,19H,1H3/t19-/m1/s1. The molecule has 6 nitrogen and oxygen atoms in total. The van der Waals surface area contributed by atoms with Crippen LogP contribution in [0.3, 0.4) is 0 Å². The lowest BCUT2D eigenvalue weighted by Crippen LogP contribution is -2.29. The maximum atomic E-state index is 13.5. The van der Waals surface area contributed by atoms with E-state index in [0.29, 0.717) is 38.2 Å². The van der Waals surface area contributed by atoms with E-state index in [2.05, 4.69) is 4.98 Å². The van der Waals surface area contributed by atoms with Gasteiger partial charge >= 0.3 is 0 Å². The highest BCUT2D eigenvalue weighted by Gasteiger charge is 2.46. The molecule has 3 aromatic heterocycles. The fraction of sp³-hybridized carbons (Fsp3) is 0.0870. The molecule has 152 valence electrons. The lowest BCUT2D eigenvalue weighted by atomic mass is 10.0. The summed E-state index contributed by atoms with van der Waals surface area (Å²) in [4.78, 5) is 33.1. The van der Waals surface area contributed by atoms with Gasteiger partial charge in [-0.3, -0.25) is 14.5 Å². The van der Waals surface area contributed by atoms with Crippen LogP contribution < -0.4 is 10.3 Å². The molecule has 0 N–H and O–H groups in total. The van der Waals surface area contributed by atoms with Gasteiger partial charge in [0.15, 0.2) is 10.6 Å². The molecule has 0 radical (unpaired) electrons. The number of halogens is 1. The van der Waals surface area contributed by atoms with E-state index in [9.17, 15) is 9.59 Å². The molecule has 1 amide bonds. The normalized spacial score (nSPS) is 15.9. The van der Waals surface area contributed by atoms with E-state index in [1.807, 2.05) is 6.92 Å². The summed E-state index contributed by atoms with van der Waals surface area (Å²) in [6.45, 7) is 1.81. The summed E-state index contributed by atoms with van der Waals surface area (Å²) in [5.41, 5.74) is 1.09. The molecule has 0 saturated carbocycles. The molecule has 0 aliphatic carbocycles. The number of aryl methyl sites for hydroxylation is 1. The van der Waals surface area contributed by atoms with Crippen LogP contribution in [0.4, 0.5) is 5.13 Å². The summed E-state index contributed by atoms with van der Waals surface area (Å²) in [6, 6.07) is 15.1. The summed E-state index contributed by atoms with van der Waals surface area (Å²) in [5, 5.41) is 1.44. The number of amides is 1. The highest BCUT2D eigenvalue weighted by Crippen LogP contribution is 2.44. The van der Waals surface area contributed by atoms with Crippen LogP contribution in [0.1, 0.15) is 33.7 Å². The minimum Gasteiger partial charge on any atom is -0.464 e. The van der Waals surface area contributed by atoms with Crippen LogP contribution in [0.15, 0.2) is 68.2 Å². The minimum atomic E-state index is -0.770. The van der Waals surface area contributed by atoms with Crippen molar-refractivity contribution in [1.82, 2.24) is 4.98 Å². The zero-order valence-corrected chi connectivity index (χ0v) is 17.7. The Balaban J connectivity index is 1.64. The Kier molecular flexibility index (Phi) is 3.87. The van der Waals surface area contributed by atoms with Gasteiger partial charge in [0, 0.05) is 5.02 Å². The Bertz CT molecular complexity index is 1580. The molecule has 1 atom stereocenters. The highest BCUT2D eigenvalue weighted by molar-refractivity contribution is 7.22. The molecule has 5 aromatic rings. The molecule has 8 heteroatoms. The third-order valence-corrected chi connectivity index (χ3v) is 6.61. The first-order chi connectivity index (χ1) is 15.0. The monoisotopic (exact) mass is 448 g/mol. The SMILES string of the molecule is Cc1ccc([C@@H]2c3c(oc4ccccc4c3=O)C(=O)N2c2nc3ccc(Cl)cc3s2)o1. The van der Waals surface area contributed by atoms with E-state index in [4.69, 9.17) is 20.4 Å². The van der Waals surface area contributed by atoms with Crippen molar-refractivity contribution in [1.29, 1.82) is 0 Å². The molecule has 1 aliphatic rings. The number of carbonyl (C=O) groups is 1. The van der Waals surface area contributed by atoms with Crippen molar-refractivity contribution in [2.24, 2.45) is 0 Å². The van der Waals surface area contributed by atoms with Crippen molar-refractivity contribution in [3.05, 3.63) is 92.7 Å². The van der Waals surface area contributed by atoms with Crippen molar-refractivity contribution in [2.45, 2.75) is 13.0 Å². The quantitative estimate of drug-likeness (QED) is 0.346.